The van der Waals surface area contributed by atoms with Gasteiger partial charge in [0.25, 0.3) is 5.91 Å². The molecule has 1 aromatic carbocycles. The van der Waals surface area contributed by atoms with Crippen LogP contribution in [0.1, 0.15) is 28.9 Å². The number of carbonyl (C=O) groups excluding carboxylic acids is 1. The molecule has 2 aromatic heterocycles. The van der Waals surface area contributed by atoms with E-state index >= 15 is 0 Å². The maximum absolute atomic E-state index is 12.4. The lowest BCUT2D eigenvalue weighted by Crippen LogP contribution is -2.26. The third-order valence-electron chi connectivity index (χ3n) is 4.38. The average molecular weight is 409 g/mol. The number of hydrogen-bond donors (Lipinski definition) is 5. The lowest BCUT2D eigenvalue weighted by molar-refractivity contribution is 0.0947. The van der Waals surface area contributed by atoms with E-state index in [1.54, 1.807) is 6.92 Å². The number of H-pyrrole nitrogens is 2. The van der Waals surface area contributed by atoms with Crippen molar-refractivity contribution in [1.82, 2.24) is 20.3 Å². The van der Waals surface area contributed by atoms with Gasteiger partial charge in [-0.2, -0.15) is 5.90 Å². The molecule has 0 bridgehead atoms. The Morgan fingerprint density at radius 3 is 2.83 bits per heavy atom. The first kappa shape index (κ1) is 20.8. The minimum Gasteiger partial charge on any atom is -0.480 e. The topological polar surface area (TPSA) is 154 Å². The van der Waals surface area contributed by atoms with Gasteiger partial charge in [0.2, 0.25) is 11.8 Å². The Morgan fingerprint density at radius 1 is 1.37 bits per heavy atom. The van der Waals surface area contributed by atoms with Crippen molar-refractivity contribution in [3.8, 4) is 11.3 Å². The van der Waals surface area contributed by atoms with Gasteiger partial charge in [0.1, 0.15) is 5.69 Å². The molecule has 10 heteroatoms. The first-order valence-corrected chi connectivity index (χ1v) is 9.03. The van der Waals surface area contributed by atoms with Crippen LogP contribution in [0.2, 0.25) is 0 Å². The minimum absolute atomic E-state index is 0.0572. The summed E-state index contributed by atoms with van der Waals surface area (Å²) >= 11 is 0. The SMILES string of the molecule is C=C(CNC(=O)c1nc(-c2ccc3[nH]c(C(=N)OC)cc3c2)c(C)[nH]1)N=C(C)ON. The summed E-state index contributed by atoms with van der Waals surface area (Å²) in [6.07, 6.45) is 0. The molecular weight excluding hydrogens is 386 g/mol. The number of benzene rings is 1. The van der Waals surface area contributed by atoms with Gasteiger partial charge in [-0.3, -0.25) is 10.2 Å². The van der Waals surface area contributed by atoms with Gasteiger partial charge < -0.3 is 24.9 Å². The molecule has 1 amide bonds. The van der Waals surface area contributed by atoms with Crippen molar-refractivity contribution in [3.63, 3.8) is 0 Å². The first-order chi connectivity index (χ1) is 14.3. The summed E-state index contributed by atoms with van der Waals surface area (Å²) < 4.78 is 4.96. The lowest BCUT2D eigenvalue weighted by Gasteiger charge is -2.03. The Labute approximate surface area is 172 Å². The standard InChI is InChI=1S/C20H23N7O3/c1-10(24-12(3)30-22)9-23-20(28)19-25-11(2)17(27-19)13-5-6-15-14(7-13)8-16(26-15)18(21)29-4/h5-8,21,26H,1,9,22H2,2-4H3,(H,23,28)(H,25,27). The molecule has 10 nitrogen and oxygen atoms in total. The van der Waals surface area contributed by atoms with E-state index in [1.807, 2.05) is 31.2 Å². The second-order valence-corrected chi connectivity index (χ2v) is 6.57. The highest BCUT2D eigenvalue weighted by Crippen LogP contribution is 2.26. The smallest absolute Gasteiger partial charge is 0.287 e. The molecule has 3 aromatic rings. The number of aliphatic imine (C=N–C) groups is 1. The van der Waals surface area contributed by atoms with Crippen molar-refractivity contribution in [1.29, 1.82) is 5.41 Å². The normalized spacial score (nSPS) is 11.4. The number of aromatic amines is 2. The van der Waals surface area contributed by atoms with Crippen LogP contribution in [-0.4, -0.2) is 46.3 Å². The molecule has 0 spiro atoms. The Kier molecular flexibility index (Phi) is 5.98. The van der Waals surface area contributed by atoms with Crippen LogP contribution in [-0.2, 0) is 9.57 Å². The number of carbonyl (C=O) groups is 1. The average Bonchev–Trinajstić information content (AvgIpc) is 3.34. The molecule has 30 heavy (non-hydrogen) atoms. The van der Waals surface area contributed by atoms with Crippen molar-refractivity contribution in [3.05, 3.63) is 53.8 Å². The van der Waals surface area contributed by atoms with Crippen molar-refractivity contribution in [2.75, 3.05) is 13.7 Å². The summed E-state index contributed by atoms with van der Waals surface area (Å²) in [5.74, 6) is 5.11. The molecule has 0 aliphatic carbocycles. The number of nitrogens with two attached hydrogens (primary N) is 1. The van der Waals surface area contributed by atoms with E-state index < -0.39 is 0 Å². The quantitative estimate of drug-likeness (QED) is 0.240. The molecule has 6 N–H and O–H groups in total. The van der Waals surface area contributed by atoms with E-state index in [0.29, 0.717) is 17.1 Å². The summed E-state index contributed by atoms with van der Waals surface area (Å²) in [5.41, 5.74) is 4.11. The van der Waals surface area contributed by atoms with E-state index in [0.717, 1.165) is 22.2 Å². The van der Waals surface area contributed by atoms with E-state index in [-0.39, 0.29) is 30.1 Å². The minimum atomic E-state index is -0.384. The number of aryl methyl sites for hydroxylation is 1. The Bertz CT molecular complexity index is 1160. The summed E-state index contributed by atoms with van der Waals surface area (Å²) in [4.78, 5) is 31.5. The number of nitrogens with one attached hydrogen (secondary N) is 4. The van der Waals surface area contributed by atoms with Crippen LogP contribution in [0.3, 0.4) is 0 Å². The number of imidazole rings is 1. The van der Waals surface area contributed by atoms with Gasteiger partial charge in [-0.25, -0.2) is 9.98 Å². The molecule has 0 saturated heterocycles. The number of amides is 1. The molecule has 0 aliphatic heterocycles. The van der Waals surface area contributed by atoms with Crippen LogP contribution in [0.5, 0.6) is 0 Å². The summed E-state index contributed by atoms with van der Waals surface area (Å²) in [6.45, 7) is 7.28. The summed E-state index contributed by atoms with van der Waals surface area (Å²) in [5, 5.41) is 11.4. The highest BCUT2D eigenvalue weighted by atomic mass is 16.6. The molecule has 0 aliphatic rings. The number of hydrogen-bond acceptors (Lipinski definition) is 7. The molecule has 0 atom stereocenters. The third-order valence-corrected chi connectivity index (χ3v) is 4.38. The second kappa shape index (κ2) is 8.62. The molecule has 0 radical (unpaired) electrons. The molecular formula is C20H23N7O3. The van der Waals surface area contributed by atoms with Crippen LogP contribution >= 0.6 is 0 Å². The van der Waals surface area contributed by atoms with E-state index in [9.17, 15) is 4.79 Å². The predicted molar refractivity (Wildman–Crippen MR) is 114 cm³/mol. The number of aromatic nitrogens is 3. The van der Waals surface area contributed by atoms with Crippen LogP contribution in [0.25, 0.3) is 22.2 Å². The van der Waals surface area contributed by atoms with Gasteiger partial charge in [0.05, 0.1) is 25.0 Å². The zero-order chi connectivity index (χ0) is 21.8. The number of rotatable bonds is 6. The summed E-state index contributed by atoms with van der Waals surface area (Å²) in [7, 11) is 1.45. The second-order valence-electron chi connectivity index (χ2n) is 6.57. The maximum atomic E-state index is 12.4. The molecule has 0 saturated carbocycles. The number of nitrogens with zero attached hydrogens (tertiary/aromatic N) is 2. The van der Waals surface area contributed by atoms with E-state index in [1.165, 1.54) is 7.11 Å². The largest absolute Gasteiger partial charge is 0.480 e. The van der Waals surface area contributed by atoms with Crippen LogP contribution in [0.15, 0.2) is 41.5 Å². The van der Waals surface area contributed by atoms with Crippen molar-refractivity contribution in [2.45, 2.75) is 13.8 Å². The first-order valence-electron chi connectivity index (χ1n) is 9.03. The fourth-order valence-corrected chi connectivity index (χ4v) is 2.92. The monoisotopic (exact) mass is 409 g/mol. The van der Waals surface area contributed by atoms with E-state index in [4.69, 9.17) is 16.0 Å². The van der Waals surface area contributed by atoms with Crippen molar-refractivity contribution in [2.24, 2.45) is 10.9 Å². The van der Waals surface area contributed by atoms with Crippen LogP contribution in [0, 0.1) is 12.3 Å². The zero-order valence-corrected chi connectivity index (χ0v) is 16.9. The highest BCUT2D eigenvalue weighted by Gasteiger charge is 2.16. The van der Waals surface area contributed by atoms with Crippen molar-refractivity contribution >= 4 is 28.6 Å². The Hall–Kier alpha value is -3.92. The maximum Gasteiger partial charge on any atom is 0.287 e. The molecule has 0 unspecified atom stereocenters. The van der Waals surface area contributed by atoms with Gasteiger partial charge in [-0.05, 0) is 25.1 Å². The van der Waals surface area contributed by atoms with Crippen LogP contribution in [0.4, 0.5) is 0 Å². The van der Waals surface area contributed by atoms with Gasteiger partial charge in [0.15, 0.2) is 5.82 Å². The number of methoxy groups -OCH3 is 1. The van der Waals surface area contributed by atoms with Crippen molar-refractivity contribution < 1.29 is 14.4 Å². The molecule has 0 fully saturated rings. The Balaban J connectivity index is 1.79. The fourth-order valence-electron chi connectivity index (χ4n) is 2.92. The Morgan fingerprint density at radius 2 is 2.13 bits per heavy atom. The molecule has 3 rings (SSSR count). The zero-order valence-electron chi connectivity index (χ0n) is 16.9. The third kappa shape index (κ3) is 4.39. The van der Waals surface area contributed by atoms with Gasteiger partial charge >= 0.3 is 0 Å². The number of ether oxygens (including phenoxy) is 1. The summed E-state index contributed by atoms with van der Waals surface area (Å²) in [6, 6.07) is 7.57. The number of fused-ring (bicyclic) bond motifs is 1. The van der Waals surface area contributed by atoms with E-state index in [2.05, 4.69) is 36.7 Å². The molecule has 156 valence electrons. The molecule has 2 heterocycles. The van der Waals surface area contributed by atoms with Gasteiger partial charge in [-0.1, -0.05) is 12.6 Å². The lowest BCUT2D eigenvalue weighted by atomic mass is 10.1. The predicted octanol–water partition coefficient (Wildman–Crippen LogP) is 2.39. The van der Waals surface area contributed by atoms with Crippen LogP contribution < -0.4 is 11.2 Å². The highest BCUT2D eigenvalue weighted by molar-refractivity contribution is 5.97. The van der Waals surface area contributed by atoms with Gasteiger partial charge in [0, 0.05) is 29.1 Å². The van der Waals surface area contributed by atoms with Gasteiger partial charge in [-0.15, -0.1) is 0 Å². The fraction of sp³-hybridized carbons (Fsp3) is 0.200.